The summed E-state index contributed by atoms with van der Waals surface area (Å²) in [4.78, 5) is 15.5. The van der Waals surface area contributed by atoms with Crippen LogP contribution in [-0.4, -0.2) is 29.1 Å². The lowest BCUT2D eigenvalue weighted by atomic mass is 10.0. The van der Waals surface area contributed by atoms with Crippen molar-refractivity contribution in [3.63, 3.8) is 0 Å². The maximum atomic E-state index is 12.9. The van der Waals surface area contributed by atoms with Crippen molar-refractivity contribution in [3.05, 3.63) is 45.2 Å². The molecule has 0 radical (unpaired) electrons. The molecule has 4 rings (SSSR count). The molecule has 0 saturated carbocycles. The zero-order valence-corrected chi connectivity index (χ0v) is 14.8. The van der Waals surface area contributed by atoms with E-state index in [1.807, 2.05) is 0 Å². The van der Waals surface area contributed by atoms with Gasteiger partial charge in [0, 0.05) is 18.7 Å². The number of piperidine rings is 1. The largest absolute Gasteiger partial charge is 0.307 e. The van der Waals surface area contributed by atoms with E-state index in [9.17, 15) is 4.79 Å². The molecule has 1 saturated heterocycles. The molecule has 0 bridgehead atoms. The van der Waals surface area contributed by atoms with Gasteiger partial charge in [-0.1, -0.05) is 13.3 Å². The summed E-state index contributed by atoms with van der Waals surface area (Å²) in [6, 6.07) is 6.77. The van der Waals surface area contributed by atoms with E-state index in [0.717, 1.165) is 30.6 Å². The normalized spacial score (nSPS) is 18.2. The first kappa shape index (κ1) is 15.9. The molecule has 1 aromatic carbocycles. The molecular formula is C21H28N2O. The van der Waals surface area contributed by atoms with Crippen molar-refractivity contribution in [2.75, 3.05) is 19.6 Å². The number of fused-ring (bicyclic) bond motifs is 2. The van der Waals surface area contributed by atoms with Gasteiger partial charge in [-0.3, -0.25) is 4.79 Å². The number of aryl methyl sites for hydroxylation is 3. The SMILES string of the molecule is CCc1cc2cc3c(cc2n(CCN2CCCCC2)c1=O)CCC3. The highest BCUT2D eigenvalue weighted by Crippen LogP contribution is 2.27. The third-order valence-corrected chi connectivity index (χ3v) is 5.85. The minimum absolute atomic E-state index is 0.222. The van der Waals surface area contributed by atoms with Gasteiger partial charge in [0.25, 0.3) is 5.56 Å². The van der Waals surface area contributed by atoms with Crippen LogP contribution in [0.4, 0.5) is 0 Å². The average Bonchev–Trinajstić information content (AvgIpc) is 3.07. The first-order valence-electron chi connectivity index (χ1n) is 9.67. The van der Waals surface area contributed by atoms with E-state index in [-0.39, 0.29) is 5.56 Å². The first-order valence-corrected chi connectivity index (χ1v) is 9.67. The van der Waals surface area contributed by atoms with Crippen LogP contribution in [0.25, 0.3) is 10.9 Å². The number of nitrogens with zero attached hydrogens (tertiary/aromatic N) is 2. The van der Waals surface area contributed by atoms with Crippen molar-refractivity contribution in [3.8, 4) is 0 Å². The van der Waals surface area contributed by atoms with E-state index >= 15 is 0 Å². The molecule has 1 aliphatic heterocycles. The Morgan fingerprint density at radius 3 is 2.42 bits per heavy atom. The molecule has 0 amide bonds. The highest BCUT2D eigenvalue weighted by Gasteiger charge is 2.16. The van der Waals surface area contributed by atoms with Crippen LogP contribution in [0, 0.1) is 0 Å². The summed E-state index contributed by atoms with van der Waals surface area (Å²) < 4.78 is 2.06. The third-order valence-electron chi connectivity index (χ3n) is 5.85. The van der Waals surface area contributed by atoms with Crippen molar-refractivity contribution < 1.29 is 0 Å². The van der Waals surface area contributed by atoms with Crippen LogP contribution in [0.5, 0.6) is 0 Å². The number of benzene rings is 1. The summed E-state index contributed by atoms with van der Waals surface area (Å²) in [6.45, 7) is 6.29. The number of hydrogen-bond acceptors (Lipinski definition) is 2. The maximum Gasteiger partial charge on any atom is 0.254 e. The Morgan fingerprint density at radius 2 is 1.67 bits per heavy atom. The van der Waals surface area contributed by atoms with Crippen LogP contribution in [0.1, 0.15) is 49.3 Å². The van der Waals surface area contributed by atoms with Crippen LogP contribution in [0.2, 0.25) is 0 Å². The van der Waals surface area contributed by atoms with Gasteiger partial charge in [0.15, 0.2) is 0 Å². The van der Waals surface area contributed by atoms with Crippen molar-refractivity contribution in [2.45, 2.75) is 58.4 Å². The number of likely N-dealkylation sites (tertiary alicyclic amines) is 1. The Balaban J connectivity index is 1.73. The molecule has 24 heavy (non-hydrogen) atoms. The summed E-state index contributed by atoms with van der Waals surface area (Å²) in [5, 5.41) is 1.26. The molecule has 3 heteroatoms. The Morgan fingerprint density at radius 1 is 0.917 bits per heavy atom. The van der Waals surface area contributed by atoms with E-state index in [4.69, 9.17) is 0 Å². The second-order valence-electron chi connectivity index (χ2n) is 7.42. The van der Waals surface area contributed by atoms with Gasteiger partial charge in [-0.05, 0) is 86.3 Å². The minimum Gasteiger partial charge on any atom is -0.307 e. The zero-order valence-electron chi connectivity index (χ0n) is 14.8. The Bertz CT molecular complexity index is 800. The molecular weight excluding hydrogens is 296 g/mol. The van der Waals surface area contributed by atoms with Crippen molar-refractivity contribution in [2.24, 2.45) is 0 Å². The highest BCUT2D eigenvalue weighted by molar-refractivity contribution is 5.82. The van der Waals surface area contributed by atoms with Crippen LogP contribution in [-0.2, 0) is 25.8 Å². The molecule has 2 heterocycles. The molecule has 128 valence electrons. The van der Waals surface area contributed by atoms with Crippen molar-refractivity contribution >= 4 is 10.9 Å². The Kier molecular flexibility index (Phi) is 4.45. The second kappa shape index (κ2) is 6.72. The second-order valence-corrected chi connectivity index (χ2v) is 7.42. The van der Waals surface area contributed by atoms with E-state index in [1.165, 1.54) is 68.1 Å². The predicted octanol–water partition coefficient (Wildman–Crippen LogP) is 3.54. The average molecular weight is 324 g/mol. The molecule has 1 aromatic heterocycles. The third kappa shape index (κ3) is 2.90. The molecule has 1 aliphatic carbocycles. The van der Waals surface area contributed by atoms with Gasteiger partial charge in [0.05, 0.1) is 5.52 Å². The summed E-state index contributed by atoms with van der Waals surface area (Å²) >= 11 is 0. The smallest absolute Gasteiger partial charge is 0.254 e. The molecule has 3 nitrogen and oxygen atoms in total. The minimum atomic E-state index is 0.222. The lowest BCUT2D eigenvalue weighted by molar-refractivity contribution is 0.221. The summed E-state index contributed by atoms with van der Waals surface area (Å²) in [7, 11) is 0. The van der Waals surface area contributed by atoms with Gasteiger partial charge in [0.2, 0.25) is 0 Å². The van der Waals surface area contributed by atoms with Crippen molar-refractivity contribution in [1.29, 1.82) is 0 Å². The van der Waals surface area contributed by atoms with E-state index < -0.39 is 0 Å². The fourth-order valence-corrected chi connectivity index (χ4v) is 4.41. The van der Waals surface area contributed by atoms with Gasteiger partial charge in [-0.2, -0.15) is 0 Å². The number of pyridine rings is 1. The quantitative estimate of drug-likeness (QED) is 0.859. The van der Waals surface area contributed by atoms with Gasteiger partial charge in [-0.15, -0.1) is 0 Å². The van der Waals surface area contributed by atoms with Crippen LogP contribution in [0.15, 0.2) is 23.0 Å². The van der Waals surface area contributed by atoms with E-state index in [1.54, 1.807) is 0 Å². The first-order chi connectivity index (χ1) is 11.8. The molecule has 2 aromatic rings. The molecule has 0 unspecified atom stereocenters. The molecule has 2 aliphatic rings. The Labute approximate surface area is 144 Å². The summed E-state index contributed by atoms with van der Waals surface area (Å²) in [5.74, 6) is 0. The van der Waals surface area contributed by atoms with Crippen LogP contribution in [0.3, 0.4) is 0 Å². The van der Waals surface area contributed by atoms with E-state index in [0.29, 0.717) is 0 Å². The van der Waals surface area contributed by atoms with Gasteiger partial charge in [-0.25, -0.2) is 0 Å². The van der Waals surface area contributed by atoms with Crippen molar-refractivity contribution in [1.82, 2.24) is 9.47 Å². The van der Waals surface area contributed by atoms with Gasteiger partial charge >= 0.3 is 0 Å². The number of hydrogen-bond donors (Lipinski definition) is 0. The topological polar surface area (TPSA) is 25.2 Å². The number of rotatable bonds is 4. The molecule has 0 spiro atoms. The zero-order chi connectivity index (χ0) is 16.5. The number of aromatic nitrogens is 1. The van der Waals surface area contributed by atoms with E-state index in [2.05, 4.69) is 34.6 Å². The standard InChI is InChI=1S/C21H28N2O/c1-2-16-13-19-14-17-7-6-8-18(17)15-20(19)23(21(16)24)12-11-22-9-4-3-5-10-22/h13-15H,2-12H2,1H3. The fourth-order valence-electron chi connectivity index (χ4n) is 4.41. The highest BCUT2D eigenvalue weighted by atomic mass is 16.1. The van der Waals surface area contributed by atoms with Crippen LogP contribution < -0.4 is 5.56 Å². The summed E-state index contributed by atoms with van der Waals surface area (Å²) in [6.07, 6.45) is 8.40. The predicted molar refractivity (Wildman–Crippen MR) is 99.9 cm³/mol. The molecule has 0 N–H and O–H groups in total. The van der Waals surface area contributed by atoms with Gasteiger partial charge in [0.1, 0.15) is 0 Å². The lowest BCUT2D eigenvalue weighted by Gasteiger charge is -2.27. The molecule has 0 atom stereocenters. The van der Waals surface area contributed by atoms with Crippen LogP contribution >= 0.6 is 0 Å². The molecule has 1 fully saturated rings. The monoisotopic (exact) mass is 324 g/mol. The maximum absolute atomic E-state index is 12.9. The Hall–Kier alpha value is -1.61. The van der Waals surface area contributed by atoms with Gasteiger partial charge < -0.3 is 9.47 Å². The fraction of sp³-hybridized carbons (Fsp3) is 0.571. The summed E-state index contributed by atoms with van der Waals surface area (Å²) in [5.41, 5.74) is 5.28. The lowest BCUT2D eigenvalue weighted by Crippen LogP contribution is -2.35.